The van der Waals surface area contributed by atoms with E-state index in [1.807, 2.05) is 30.3 Å². The second-order valence-electron chi connectivity index (χ2n) is 5.61. The quantitative estimate of drug-likeness (QED) is 0.564. The SMILES string of the molecule is O=c1c2ccc(Cl)cc2ncn1Cc1nc(Cc2ccccc2)no1. The number of nitrogens with zero attached hydrogens (tertiary/aromatic N) is 4. The van der Waals surface area contributed by atoms with E-state index in [0.29, 0.717) is 34.1 Å². The number of halogens is 1. The summed E-state index contributed by atoms with van der Waals surface area (Å²) in [6, 6.07) is 14.9. The lowest BCUT2D eigenvalue weighted by atomic mass is 10.1. The van der Waals surface area contributed by atoms with Gasteiger partial charge in [-0.1, -0.05) is 47.1 Å². The minimum atomic E-state index is -0.176. The number of rotatable bonds is 4. The number of fused-ring (bicyclic) bond motifs is 1. The normalized spacial score (nSPS) is 11.1. The molecule has 0 unspecified atom stereocenters. The van der Waals surface area contributed by atoms with Crippen molar-refractivity contribution < 1.29 is 4.52 Å². The third-order valence-corrected chi connectivity index (χ3v) is 4.04. The maximum Gasteiger partial charge on any atom is 0.261 e. The van der Waals surface area contributed by atoms with Crippen molar-refractivity contribution in [3.63, 3.8) is 0 Å². The second kappa shape index (κ2) is 6.49. The summed E-state index contributed by atoms with van der Waals surface area (Å²) in [5, 5.41) is 5.01. The molecule has 4 rings (SSSR count). The summed E-state index contributed by atoms with van der Waals surface area (Å²) in [5.74, 6) is 0.943. The van der Waals surface area contributed by atoms with E-state index in [0.717, 1.165) is 5.56 Å². The molecule has 2 aromatic carbocycles. The monoisotopic (exact) mass is 352 g/mol. The largest absolute Gasteiger partial charge is 0.337 e. The molecule has 2 aromatic heterocycles. The Bertz CT molecular complexity index is 1090. The molecule has 4 aromatic rings. The molecule has 0 atom stereocenters. The van der Waals surface area contributed by atoms with Crippen LogP contribution in [0.2, 0.25) is 5.02 Å². The molecule has 0 saturated carbocycles. The van der Waals surface area contributed by atoms with Crippen LogP contribution in [0.25, 0.3) is 10.9 Å². The Morgan fingerprint density at radius 2 is 1.96 bits per heavy atom. The Balaban J connectivity index is 1.58. The Kier molecular flexibility index (Phi) is 4.03. The predicted molar refractivity (Wildman–Crippen MR) is 93.7 cm³/mol. The van der Waals surface area contributed by atoms with Gasteiger partial charge in [0.1, 0.15) is 6.54 Å². The molecular weight excluding hydrogens is 340 g/mol. The molecule has 0 N–H and O–H groups in total. The van der Waals surface area contributed by atoms with E-state index in [1.54, 1.807) is 18.2 Å². The summed E-state index contributed by atoms with van der Waals surface area (Å²) in [7, 11) is 0. The van der Waals surface area contributed by atoms with E-state index >= 15 is 0 Å². The van der Waals surface area contributed by atoms with Crippen molar-refractivity contribution in [3.05, 3.63) is 87.5 Å². The number of benzene rings is 2. The van der Waals surface area contributed by atoms with E-state index in [2.05, 4.69) is 15.1 Å². The van der Waals surface area contributed by atoms with E-state index in [-0.39, 0.29) is 12.1 Å². The first-order valence-electron chi connectivity index (χ1n) is 7.69. The van der Waals surface area contributed by atoms with E-state index in [9.17, 15) is 4.79 Å². The first-order chi connectivity index (χ1) is 12.2. The van der Waals surface area contributed by atoms with Crippen LogP contribution in [0.1, 0.15) is 17.3 Å². The van der Waals surface area contributed by atoms with Crippen molar-refractivity contribution in [3.8, 4) is 0 Å². The zero-order valence-corrected chi connectivity index (χ0v) is 13.8. The molecule has 7 heteroatoms. The fourth-order valence-corrected chi connectivity index (χ4v) is 2.76. The molecule has 6 nitrogen and oxygen atoms in total. The zero-order valence-electron chi connectivity index (χ0n) is 13.1. The lowest BCUT2D eigenvalue weighted by molar-refractivity contribution is 0.365. The average Bonchev–Trinajstić information content (AvgIpc) is 3.05. The molecule has 2 heterocycles. The number of hydrogen-bond acceptors (Lipinski definition) is 5. The Labute approximate surface area is 147 Å². The molecule has 25 heavy (non-hydrogen) atoms. The lowest BCUT2D eigenvalue weighted by Gasteiger charge is -2.03. The number of aromatic nitrogens is 4. The highest BCUT2D eigenvalue weighted by Gasteiger charge is 2.10. The van der Waals surface area contributed by atoms with Gasteiger partial charge in [0.15, 0.2) is 5.82 Å². The fraction of sp³-hybridized carbons (Fsp3) is 0.111. The summed E-state index contributed by atoms with van der Waals surface area (Å²) in [6.07, 6.45) is 2.04. The van der Waals surface area contributed by atoms with Crippen molar-refractivity contribution in [1.82, 2.24) is 19.7 Å². The van der Waals surface area contributed by atoms with Crippen LogP contribution in [0.15, 0.2) is 64.2 Å². The molecule has 124 valence electrons. The molecular formula is C18H13ClN4O2. The third-order valence-electron chi connectivity index (χ3n) is 3.81. The first kappa shape index (κ1) is 15.5. The smallest absolute Gasteiger partial charge is 0.261 e. The van der Waals surface area contributed by atoms with Gasteiger partial charge < -0.3 is 4.52 Å². The molecule has 0 aliphatic rings. The Morgan fingerprint density at radius 1 is 1.12 bits per heavy atom. The molecule has 0 spiro atoms. The van der Waals surface area contributed by atoms with Crippen LogP contribution in [-0.2, 0) is 13.0 Å². The molecule has 0 saturated heterocycles. The van der Waals surface area contributed by atoms with Crippen molar-refractivity contribution in [2.75, 3.05) is 0 Å². The molecule has 0 bridgehead atoms. The maximum atomic E-state index is 12.5. The van der Waals surface area contributed by atoms with E-state index < -0.39 is 0 Å². The van der Waals surface area contributed by atoms with E-state index in [1.165, 1.54) is 10.9 Å². The average molecular weight is 353 g/mol. The minimum absolute atomic E-state index is 0.173. The summed E-state index contributed by atoms with van der Waals surface area (Å²) in [4.78, 5) is 21.1. The van der Waals surface area contributed by atoms with Gasteiger partial charge in [-0.25, -0.2) is 4.98 Å². The van der Waals surface area contributed by atoms with Crippen molar-refractivity contribution in [1.29, 1.82) is 0 Å². The van der Waals surface area contributed by atoms with Crippen LogP contribution in [0.3, 0.4) is 0 Å². The van der Waals surface area contributed by atoms with Crippen LogP contribution in [0.4, 0.5) is 0 Å². The van der Waals surface area contributed by atoms with Gasteiger partial charge in [-0.3, -0.25) is 9.36 Å². The first-order valence-corrected chi connectivity index (χ1v) is 8.07. The molecule has 0 amide bonds. The van der Waals surface area contributed by atoms with Crippen LogP contribution in [-0.4, -0.2) is 19.7 Å². The standard InChI is InChI=1S/C18H13ClN4O2/c19-13-6-7-14-15(9-13)20-11-23(18(14)24)10-17-21-16(22-25-17)8-12-4-2-1-3-5-12/h1-7,9,11H,8,10H2. The van der Waals surface area contributed by atoms with Gasteiger partial charge in [0.2, 0.25) is 5.89 Å². The highest BCUT2D eigenvalue weighted by Crippen LogP contribution is 2.14. The van der Waals surface area contributed by atoms with Gasteiger partial charge in [-0.15, -0.1) is 0 Å². The van der Waals surface area contributed by atoms with E-state index in [4.69, 9.17) is 16.1 Å². The predicted octanol–water partition coefficient (Wildman–Crippen LogP) is 3.07. The van der Waals surface area contributed by atoms with Crippen LogP contribution < -0.4 is 5.56 Å². The van der Waals surface area contributed by atoms with Crippen LogP contribution in [0, 0.1) is 0 Å². The molecule has 0 fully saturated rings. The summed E-state index contributed by atoms with van der Waals surface area (Å²) in [5.41, 5.74) is 1.48. The Hall–Kier alpha value is -2.99. The fourth-order valence-electron chi connectivity index (χ4n) is 2.59. The van der Waals surface area contributed by atoms with Crippen molar-refractivity contribution in [2.24, 2.45) is 0 Å². The van der Waals surface area contributed by atoms with Crippen molar-refractivity contribution in [2.45, 2.75) is 13.0 Å². The second-order valence-corrected chi connectivity index (χ2v) is 6.04. The molecule has 0 aliphatic carbocycles. The summed E-state index contributed by atoms with van der Waals surface area (Å²) < 4.78 is 6.70. The topological polar surface area (TPSA) is 73.8 Å². The maximum absolute atomic E-state index is 12.5. The minimum Gasteiger partial charge on any atom is -0.337 e. The van der Waals surface area contributed by atoms with Crippen LogP contribution >= 0.6 is 11.6 Å². The van der Waals surface area contributed by atoms with Gasteiger partial charge >= 0.3 is 0 Å². The van der Waals surface area contributed by atoms with Gasteiger partial charge in [0.05, 0.1) is 17.2 Å². The highest BCUT2D eigenvalue weighted by molar-refractivity contribution is 6.31. The van der Waals surface area contributed by atoms with Gasteiger partial charge in [-0.05, 0) is 23.8 Å². The Morgan fingerprint density at radius 3 is 2.80 bits per heavy atom. The van der Waals surface area contributed by atoms with Gasteiger partial charge in [0.25, 0.3) is 5.56 Å². The van der Waals surface area contributed by atoms with Crippen molar-refractivity contribution >= 4 is 22.5 Å². The lowest BCUT2D eigenvalue weighted by Crippen LogP contribution is -2.21. The zero-order chi connectivity index (χ0) is 17.2. The van der Waals surface area contributed by atoms with Gasteiger partial charge in [-0.2, -0.15) is 4.98 Å². The summed E-state index contributed by atoms with van der Waals surface area (Å²) in [6.45, 7) is 0.173. The summed E-state index contributed by atoms with van der Waals surface area (Å²) >= 11 is 5.93. The third kappa shape index (κ3) is 3.29. The molecule has 0 aliphatic heterocycles. The molecule has 0 radical (unpaired) electrons. The van der Waals surface area contributed by atoms with Crippen LogP contribution in [0.5, 0.6) is 0 Å². The van der Waals surface area contributed by atoms with Gasteiger partial charge in [0, 0.05) is 11.4 Å². The highest BCUT2D eigenvalue weighted by atomic mass is 35.5. The number of hydrogen-bond donors (Lipinski definition) is 0.